The molecule has 3 aromatic rings. The first-order valence-electron chi connectivity index (χ1n) is 12.0. The second kappa shape index (κ2) is 11.4. The first kappa shape index (κ1) is 26.1. The minimum atomic E-state index is -0.712. The second-order valence-electron chi connectivity index (χ2n) is 8.30. The molecule has 2 heterocycles. The molecule has 192 valence electrons. The van der Waals surface area contributed by atoms with Crippen molar-refractivity contribution in [3.8, 4) is 5.75 Å². The molecule has 4 rings (SSSR count). The minimum absolute atomic E-state index is 0.207. The average Bonchev–Trinajstić information content (AvgIpc) is 3.22. The highest BCUT2D eigenvalue weighted by Gasteiger charge is 2.34. The Labute approximate surface area is 218 Å². The molecule has 0 amide bonds. The largest absolute Gasteiger partial charge is 0.497 e. The molecule has 0 N–H and O–H groups in total. The van der Waals surface area contributed by atoms with Crippen LogP contribution in [0.3, 0.4) is 0 Å². The Morgan fingerprint density at radius 3 is 2.49 bits per heavy atom. The fourth-order valence-corrected chi connectivity index (χ4v) is 5.25. The van der Waals surface area contributed by atoms with Crippen molar-refractivity contribution in [3.63, 3.8) is 0 Å². The maximum absolute atomic E-state index is 13.8. The lowest BCUT2D eigenvalue weighted by Crippen LogP contribution is -2.40. The SMILES string of the molecule is CCCC1=C(C(=O)OCC)C(c2cccc(OC)c2)n2c(s/c(=C\c3ccc(C(=O)OC)cc3)c2=O)=N1. The van der Waals surface area contributed by atoms with Crippen molar-refractivity contribution in [1.82, 2.24) is 4.57 Å². The summed E-state index contributed by atoms with van der Waals surface area (Å²) in [6.45, 7) is 3.97. The number of aromatic nitrogens is 1. The van der Waals surface area contributed by atoms with Crippen molar-refractivity contribution in [1.29, 1.82) is 0 Å². The molecule has 0 saturated heterocycles. The van der Waals surface area contributed by atoms with E-state index >= 15 is 0 Å². The third-order valence-electron chi connectivity index (χ3n) is 5.93. The lowest BCUT2D eigenvalue weighted by atomic mass is 9.94. The van der Waals surface area contributed by atoms with E-state index in [1.807, 2.05) is 31.2 Å². The summed E-state index contributed by atoms with van der Waals surface area (Å²) >= 11 is 1.26. The van der Waals surface area contributed by atoms with Crippen LogP contribution in [0.1, 0.15) is 54.2 Å². The highest BCUT2D eigenvalue weighted by atomic mass is 32.1. The summed E-state index contributed by atoms with van der Waals surface area (Å²) in [6, 6.07) is 13.4. The molecule has 0 saturated carbocycles. The molecule has 0 radical (unpaired) electrons. The number of carbonyl (C=O) groups excluding carboxylic acids is 2. The van der Waals surface area contributed by atoms with E-state index in [1.165, 1.54) is 18.4 Å². The summed E-state index contributed by atoms with van der Waals surface area (Å²) in [5, 5.41) is 0. The van der Waals surface area contributed by atoms with Gasteiger partial charge in [-0.25, -0.2) is 14.6 Å². The zero-order valence-electron chi connectivity index (χ0n) is 21.1. The molecule has 37 heavy (non-hydrogen) atoms. The highest BCUT2D eigenvalue weighted by Crippen LogP contribution is 2.33. The smallest absolute Gasteiger partial charge is 0.338 e. The molecular weight excluding hydrogens is 492 g/mol. The highest BCUT2D eigenvalue weighted by molar-refractivity contribution is 7.07. The number of rotatable bonds is 8. The molecule has 1 unspecified atom stereocenters. The van der Waals surface area contributed by atoms with E-state index in [0.717, 1.165) is 17.5 Å². The van der Waals surface area contributed by atoms with Crippen molar-refractivity contribution < 1.29 is 23.8 Å². The van der Waals surface area contributed by atoms with Crippen LogP contribution in [0.4, 0.5) is 0 Å². The molecule has 8 nitrogen and oxygen atoms in total. The molecule has 1 aromatic heterocycles. The molecule has 1 atom stereocenters. The summed E-state index contributed by atoms with van der Waals surface area (Å²) in [5.74, 6) is -0.308. The van der Waals surface area contributed by atoms with Crippen LogP contribution in [0.25, 0.3) is 6.08 Å². The molecule has 0 aliphatic carbocycles. The van der Waals surface area contributed by atoms with Gasteiger partial charge in [0.2, 0.25) is 0 Å². The Balaban J connectivity index is 1.93. The standard InChI is InChI=1S/C28H28N2O6S/c1-5-8-21-23(27(33)36-6-2)24(19-9-7-10-20(16-19)34-3)30-25(31)22(37-28(30)29-21)15-17-11-13-18(14-12-17)26(32)35-4/h7,9-16,24H,5-6,8H2,1-4H3/b22-15-. The lowest BCUT2D eigenvalue weighted by molar-refractivity contribution is -0.139. The number of nitrogens with zero attached hydrogens (tertiary/aromatic N) is 2. The maximum Gasteiger partial charge on any atom is 0.338 e. The quantitative estimate of drug-likeness (QED) is 0.423. The van der Waals surface area contributed by atoms with Crippen LogP contribution in [-0.2, 0) is 14.3 Å². The zero-order valence-corrected chi connectivity index (χ0v) is 22.0. The van der Waals surface area contributed by atoms with E-state index < -0.39 is 18.0 Å². The third kappa shape index (κ3) is 5.27. The topological polar surface area (TPSA) is 96.2 Å². The number of fused-ring (bicyclic) bond motifs is 1. The second-order valence-corrected chi connectivity index (χ2v) is 9.31. The fraction of sp³-hybridized carbons (Fsp3) is 0.286. The monoisotopic (exact) mass is 520 g/mol. The average molecular weight is 521 g/mol. The number of benzene rings is 2. The number of allylic oxidation sites excluding steroid dienone is 1. The summed E-state index contributed by atoms with van der Waals surface area (Å²) in [5.41, 5.74) is 2.59. The van der Waals surface area contributed by atoms with Gasteiger partial charge in [-0.05, 0) is 54.8 Å². The van der Waals surface area contributed by atoms with Crippen LogP contribution < -0.4 is 19.6 Å². The van der Waals surface area contributed by atoms with Crippen molar-refractivity contribution in [2.24, 2.45) is 4.99 Å². The van der Waals surface area contributed by atoms with Gasteiger partial charge in [-0.1, -0.05) is 48.9 Å². The molecular formula is C28H28N2O6S. The van der Waals surface area contributed by atoms with Gasteiger partial charge in [-0.15, -0.1) is 0 Å². The molecule has 1 aliphatic heterocycles. The van der Waals surface area contributed by atoms with Crippen LogP contribution in [0.2, 0.25) is 0 Å². The van der Waals surface area contributed by atoms with Gasteiger partial charge in [-0.3, -0.25) is 9.36 Å². The van der Waals surface area contributed by atoms with Crippen LogP contribution >= 0.6 is 11.3 Å². The van der Waals surface area contributed by atoms with Crippen LogP contribution in [0.15, 0.2) is 69.6 Å². The third-order valence-corrected chi connectivity index (χ3v) is 6.91. The number of ether oxygens (including phenoxy) is 3. The van der Waals surface area contributed by atoms with Crippen molar-refractivity contribution >= 4 is 29.4 Å². The van der Waals surface area contributed by atoms with Gasteiger partial charge in [0.15, 0.2) is 4.80 Å². The van der Waals surface area contributed by atoms with Gasteiger partial charge in [0, 0.05) is 0 Å². The van der Waals surface area contributed by atoms with Crippen LogP contribution in [0.5, 0.6) is 5.75 Å². The van der Waals surface area contributed by atoms with Gasteiger partial charge in [0.25, 0.3) is 5.56 Å². The number of methoxy groups -OCH3 is 2. The van der Waals surface area contributed by atoms with Gasteiger partial charge in [0.05, 0.1) is 48.2 Å². The number of esters is 2. The maximum atomic E-state index is 13.8. The van der Waals surface area contributed by atoms with Crippen LogP contribution in [-0.4, -0.2) is 37.3 Å². The Hall–Kier alpha value is -3.98. The summed E-state index contributed by atoms with van der Waals surface area (Å²) in [7, 11) is 2.90. The summed E-state index contributed by atoms with van der Waals surface area (Å²) < 4.78 is 17.6. The van der Waals surface area contributed by atoms with Gasteiger partial charge < -0.3 is 14.2 Å². The molecule has 9 heteroatoms. The Morgan fingerprint density at radius 2 is 1.84 bits per heavy atom. The number of thiazole rings is 1. The summed E-state index contributed by atoms with van der Waals surface area (Å²) in [6.07, 6.45) is 3.09. The van der Waals surface area contributed by atoms with E-state index in [4.69, 9.17) is 19.2 Å². The van der Waals surface area contributed by atoms with Crippen LogP contribution in [0, 0.1) is 0 Å². The zero-order chi connectivity index (χ0) is 26.5. The van der Waals surface area contributed by atoms with Crippen molar-refractivity contribution in [2.45, 2.75) is 32.7 Å². The fourth-order valence-electron chi connectivity index (χ4n) is 4.23. The van der Waals surface area contributed by atoms with Gasteiger partial charge >= 0.3 is 11.9 Å². The molecule has 0 spiro atoms. The van der Waals surface area contributed by atoms with Crippen molar-refractivity contribution in [3.05, 3.63) is 96.2 Å². The van der Waals surface area contributed by atoms with E-state index in [0.29, 0.717) is 38.3 Å². The minimum Gasteiger partial charge on any atom is -0.497 e. The molecule has 1 aliphatic rings. The van der Waals surface area contributed by atoms with Gasteiger partial charge in [-0.2, -0.15) is 0 Å². The summed E-state index contributed by atoms with van der Waals surface area (Å²) in [4.78, 5) is 44.0. The molecule has 0 bridgehead atoms. The predicted molar refractivity (Wildman–Crippen MR) is 140 cm³/mol. The first-order valence-corrected chi connectivity index (χ1v) is 12.8. The molecule has 2 aromatic carbocycles. The van der Waals surface area contributed by atoms with E-state index in [1.54, 1.807) is 48.9 Å². The Morgan fingerprint density at radius 1 is 1.08 bits per heavy atom. The number of hydrogen-bond acceptors (Lipinski definition) is 8. The van der Waals surface area contributed by atoms with E-state index in [2.05, 4.69) is 0 Å². The first-order chi connectivity index (χ1) is 17.9. The normalized spacial score (nSPS) is 15.1. The molecule has 0 fully saturated rings. The number of hydrogen-bond donors (Lipinski definition) is 0. The number of carbonyl (C=O) groups is 2. The van der Waals surface area contributed by atoms with Gasteiger partial charge in [0.1, 0.15) is 5.75 Å². The Bertz CT molecular complexity index is 1530. The van der Waals surface area contributed by atoms with Crippen molar-refractivity contribution in [2.75, 3.05) is 20.8 Å². The van der Waals surface area contributed by atoms with E-state index in [9.17, 15) is 14.4 Å². The predicted octanol–water partition coefficient (Wildman–Crippen LogP) is 3.37. The Kier molecular flexibility index (Phi) is 8.03. The lowest BCUT2D eigenvalue weighted by Gasteiger charge is -2.26. The van der Waals surface area contributed by atoms with E-state index in [-0.39, 0.29) is 12.2 Å².